The molecule has 6 rings (SSSR count). The largest absolute Gasteiger partial charge is 0.497 e. The van der Waals surface area contributed by atoms with E-state index >= 15 is 0 Å². The van der Waals surface area contributed by atoms with Crippen LogP contribution in [0, 0.1) is 0 Å². The Balaban J connectivity index is 1.63. The molecule has 0 saturated heterocycles. The van der Waals surface area contributed by atoms with Gasteiger partial charge < -0.3 is 13.9 Å². The molecule has 3 aromatic carbocycles. The van der Waals surface area contributed by atoms with Crippen molar-refractivity contribution in [3.8, 4) is 45.3 Å². The summed E-state index contributed by atoms with van der Waals surface area (Å²) in [4.78, 5) is 9.38. The van der Waals surface area contributed by atoms with Crippen molar-refractivity contribution < 1.29 is 13.9 Å². The Morgan fingerprint density at radius 1 is 0.833 bits per heavy atom. The van der Waals surface area contributed by atoms with E-state index in [2.05, 4.69) is 10.1 Å². The van der Waals surface area contributed by atoms with E-state index in [0.717, 1.165) is 33.6 Å². The predicted molar refractivity (Wildman–Crippen MR) is 140 cm³/mol. The molecule has 9 heteroatoms. The lowest BCUT2D eigenvalue weighted by atomic mass is 9.99. The molecule has 0 radical (unpaired) electrons. The summed E-state index contributed by atoms with van der Waals surface area (Å²) in [7, 11) is 3.27. The number of ether oxygens (including phenoxy) is 2. The van der Waals surface area contributed by atoms with Crippen LogP contribution in [0.4, 0.5) is 0 Å². The number of hydrogen-bond donors (Lipinski definition) is 0. The van der Waals surface area contributed by atoms with E-state index < -0.39 is 0 Å². The van der Waals surface area contributed by atoms with Crippen molar-refractivity contribution in [3.05, 3.63) is 83.1 Å². The van der Waals surface area contributed by atoms with Gasteiger partial charge in [-0.25, -0.2) is 14.5 Å². The molecular formula is C27H18Cl2N4O3. The van der Waals surface area contributed by atoms with Gasteiger partial charge in [0.1, 0.15) is 23.6 Å². The standard InChI is InChI=1S/C27H18Cl2N4O3/c1-34-18-8-3-15(4-9-18)22-23-26-31-25(20-12-7-17(28)13-21(20)29)32-33(26)14-30-27(23)36-24(22)16-5-10-19(35-2)11-6-16/h3-14H,1-2H3. The van der Waals surface area contributed by atoms with Crippen molar-refractivity contribution >= 4 is 39.9 Å². The van der Waals surface area contributed by atoms with Gasteiger partial charge in [-0.05, 0) is 60.2 Å². The van der Waals surface area contributed by atoms with Gasteiger partial charge in [0.15, 0.2) is 11.5 Å². The number of furan rings is 1. The molecule has 0 bridgehead atoms. The number of nitrogens with zero attached hydrogens (tertiary/aromatic N) is 4. The van der Waals surface area contributed by atoms with Crippen molar-refractivity contribution in [2.45, 2.75) is 0 Å². The summed E-state index contributed by atoms with van der Waals surface area (Å²) >= 11 is 12.5. The molecule has 178 valence electrons. The van der Waals surface area contributed by atoms with E-state index in [1.54, 1.807) is 43.3 Å². The van der Waals surface area contributed by atoms with Crippen LogP contribution in [0.5, 0.6) is 11.5 Å². The topological polar surface area (TPSA) is 74.7 Å². The van der Waals surface area contributed by atoms with Gasteiger partial charge >= 0.3 is 0 Å². The summed E-state index contributed by atoms with van der Waals surface area (Å²) in [6.45, 7) is 0. The highest BCUT2D eigenvalue weighted by molar-refractivity contribution is 6.36. The summed E-state index contributed by atoms with van der Waals surface area (Å²) in [5.74, 6) is 2.62. The monoisotopic (exact) mass is 516 g/mol. The van der Waals surface area contributed by atoms with E-state index in [1.807, 2.05) is 48.5 Å². The highest BCUT2D eigenvalue weighted by atomic mass is 35.5. The van der Waals surface area contributed by atoms with E-state index in [4.69, 9.17) is 42.1 Å². The molecule has 0 N–H and O–H groups in total. The van der Waals surface area contributed by atoms with Crippen molar-refractivity contribution in [1.82, 2.24) is 19.6 Å². The molecule has 0 aliphatic carbocycles. The summed E-state index contributed by atoms with van der Waals surface area (Å²) in [5.41, 5.74) is 4.35. The molecule has 0 saturated carbocycles. The summed E-state index contributed by atoms with van der Waals surface area (Å²) in [5, 5.41) is 6.36. The molecule has 0 aliphatic heterocycles. The molecule has 3 aromatic heterocycles. The lowest BCUT2D eigenvalue weighted by Crippen LogP contribution is -1.91. The fourth-order valence-electron chi connectivity index (χ4n) is 4.16. The predicted octanol–water partition coefficient (Wildman–Crippen LogP) is 7.20. The number of rotatable bonds is 5. The zero-order valence-electron chi connectivity index (χ0n) is 19.2. The molecule has 0 unspecified atom stereocenters. The zero-order chi connectivity index (χ0) is 24.8. The van der Waals surface area contributed by atoms with Gasteiger partial charge in [0.25, 0.3) is 0 Å². The van der Waals surface area contributed by atoms with Crippen LogP contribution in [0.3, 0.4) is 0 Å². The summed E-state index contributed by atoms with van der Waals surface area (Å²) in [6.07, 6.45) is 1.58. The van der Waals surface area contributed by atoms with Crippen LogP contribution in [0.2, 0.25) is 10.0 Å². The third-order valence-electron chi connectivity index (χ3n) is 5.93. The molecule has 3 heterocycles. The van der Waals surface area contributed by atoms with E-state index in [1.165, 1.54) is 0 Å². The molecule has 36 heavy (non-hydrogen) atoms. The highest BCUT2D eigenvalue weighted by Gasteiger charge is 2.23. The molecule has 0 aliphatic rings. The van der Waals surface area contributed by atoms with Crippen molar-refractivity contribution in [2.24, 2.45) is 0 Å². The van der Waals surface area contributed by atoms with Gasteiger partial charge in [0, 0.05) is 21.7 Å². The van der Waals surface area contributed by atoms with Crippen LogP contribution in [-0.2, 0) is 0 Å². The van der Waals surface area contributed by atoms with Crippen LogP contribution >= 0.6 is 23.2 Å². The Hall–Kier alpha value is -4.07. The molecule has 7 nitrogen and oxygen atoms in total. The van der Waals surface area contributed by atoms with Gasteiger partial charge in [-0.2, -0.15) is 0 Å². The quantitative estimate of drug-likeness (QED) is 0.241. The van der Waals surface area contributed by atoms with Gasteiger partial charge in [-0.3, -0.25) is 0 Å². The SMILES string of the molecule is COc1ccc(-c2oc3ncn4nc(-c5ccc(Cl)cc5Cl)nc4c3c2-c2ccc(OC)cc2)cc1. The molecule has 0 atom stereocenters. The lowest BCUT2D eigenvalue weighted by molar-refractivity contribution is 0.414. The normalized spacial score (nSPS) is 11.3. The Bertz CT molecular complexity index is 1730. The Morgan fingerprint density at radius 2 is 1.50 bits per heavy atom. The second kappa shape index (κ2) is 8.86. The fourth-order valence-corrected chi connectivity index (χ4v) is 4.66. The highest BCUT2D eigenvalue weighted by Crippen LogP contribution is 2.42. The average molecular weight is 517 g/mol. The first-order valence-electron chi connectivity index (χ1n) is 11.0. The smallest absolute Gasteiger partial charge is 0.232 e. The van der Waals surface area contributed by atoms with Crippen LogP contribution < -0.4 is 9.47 Å². The molecule has 0 fully saturated rings. The maximum atomic E-state index is 6.44. The van der Waals surface area contributed by atoms with E-state index in [-0.39, 0.29) is 0 Å². The number of benzene rings is 3. The first kappa shape index (κ1) is 22.4. The maximum absolute atomic E-state index is 6.44. The second-order valence-electron chi connectivity index (χ2n) is 8.02. The van der Waals surface area contributed by atoms with Crippen LogP contribution in [0.25, 0.3) is 50.6 Å². The van der Waals surface area contributed by atoms with E-state index in [0.29, 0.717) is 38.6 Å². The Labute approximate surface area is 215 Å². The first-order valence-corrected chi connectivity index (χ1v) is 11.7. The number of hydrogen-bond acceptors (Lipinski definition) is 6. The third kappa shape index (κ3) is 3.73. The minimum Gasteiger partial charge on any atom is -0.497 e. The van der Waals surface area contributed by atoms with Crippen LogP contribution in [-0.4, -0.2) is 33.8 Å². The fraction of sp³-hybridized carbons (Fsp3) is 0.0741. The first-order chi connectivity index (χ1) is 17.6. The zero-order valence-corrected chi connectivity index (χ0v) is 20.7. The minimum absolute atomic E-state index is 0.445. The molecule has 0 amide bonds. The molecule has 0 spiro atoms. The third-order valence-corrected chi connectivity index (χ3v) is 6.48. The van der Waals surface area contributed by atoms with Crippen molar-refractivity contribution in [1.29, 1.82) is 0 Å². The van der Waals surface area contributed by atoms with Crippen molar-refractivity contribution in [2.75, 3.05) is 14.2 Å². The maximum Gasteiger partial charge on any atom is 0.232 e. The van der Waals surface area contributed by atoms with Crippen LogP contribution in [0.1, 0.15) is 0 Å². The number of fused-ring (bicyclic) bond motifs is 3. The second-order valence-corrected chi connectivity index (χ2v) is 8.86. The number of halogens is 2. The minimum atomic E-state index is 0.445. The lowest BCUT2D eigenvalue weighted by Gasteiger charge is -2.06. The van der Waals surface area contributed by atoms with Crippen molar-refractivity contribution in [3.63, 3.8) is 0 Å². The van der Waals surface area contributed by atoms with E-state index in [9.17, 15) is 0 Å². The van der Waals surface area contributed by atoms with Gasteiger partial charge in [-0.1, -0.05) is 35.3 Å². The number of aromatic nitrogens is 4. The molecular weight excluding hydrogens is 499 g/mol. The summed E-state index contributed by atoms with van der Waals surface area (Å²) < 4.78 is 18.6. The van der Waals surface area contributed by atoms with Gasteiger partial charge in [0.2, 0.25) is 5.71 Å². The Kier molecular flexibility index (Phi) is 5.51. The summed E-state index contributed by atoms with van der Waals surface area (Å²) in [6, 6.07) is 20.7. The van der Waals surface area contributed by atoms with Gasteiger partial charge in [-0.15, -0.1) is 5.10 Å². The average Bonchev–Trinajstić information content (AvgIpc) is 3.50. The Morgan fingerprint density at radius 3 is 2.14 bits per heavy atom. The van der Waals surface area contributed by atoms with Gasteiger partial charge in [0.05, 0.1) is 24.6 Å². The molecule has 6 aromatic rings. The number of methoxy groups -OCH3 is 2. The van der Waals surface area contributed by atoms with Crippen LogP contribution in [0.15, 0.2) is 77.5 Å².